The molecule has 0 atom stereocenters. The minimum Gasteiger partial charge on any atom is -0.497 e. The third-order valence-electron chi connectivity index (χ3n) is 3.32. The van der Waals surface area contributed by atoms with Crippen LogP contribution >= 0.6 is 0 Å². The number of furan rings is 1. The predicted octanol–water partition coefficient (Wildman–Crippen LogP) is 2.58. The monoisotopic (exact) mass is 325 g/mol. The summed E-state index contributed by atoms with van der Waals surface area (Å²) in [7, 11) is 5.29. The molecule has 0 unspecified atom stereocenters. The molecule has 1 aromatic carbocycles. The van der Waals surface area contributed by atoms with E-state index >= 15 is 0 Å². The molecule has 0 saturated heterocycles. The van der Waals surface area contributed by atoms with E-state index in [1.807, 2.05) is 44.4 Å². The number of hydrogen-bond acceptors (Lipinski definition) is 5. The van der Waals surface area contributed by atoms with Crippen molar-refractivity contribution in [2.45, 2.75) is 6.54 Å². The molecule has 0 aliphatic rings. The molecule has 0 aliphatic carbocycles. The molecule has 24 heavy (non-hydrogen) atoms. The van der Waals surface area contributed by atoms with Gasteiger partial charge in [0.25, 0.3) is 5.91 Å². The molecule has 1 heterocycles. The lowest BCUT2D eigenvalue weighted by molar-refractivity contribution is -0.117. The van der Waals surface area contributed by atoms with Crippen LogP contribution in [0.15, 0.2) is 46.4 Å². The second-order valence-electron chi connectivity index (χ2n) is 5.27. The first kappa shape index (κ1) is 17.2. The van der Waals surface area contributed by atoms with E-state index in [1.165, 1.54) is 6.08 Å². The number of carbonyl (C=O) groups excluding carboxylic acids is 1. The summed E-state index contributed by atoms with van der Waals surface area (Å²) in [4.78, 5) is 13.9. The van der Waals surface area contributed by atoms with Gasteiger partial charge in [0.2, 0.25) is 0 Å². The summed E-state index contributed by atoms with van der Waals surface area (Å²) in [5.41, 5.74) is 0.900. The first-order valence-electron chi connectivity index (χ1n) is 7.33. The highest BCUT2D eigenvalue weighted by Gasteiger charge is 2.11. The van der Waals surface area contributed by atoms with E-state index in [2.05, 4.69) is 5.32 Å². The maximum Gasteiger partial charge on any atom is 0.262 e. The molecule has 6 heteroatoms. The minimum atomic E-state index is -0.448. The molecule has 1 N–H and O–H groups in total. The van der Waals surface area contributed by atoms with Crippen molar-refractivity contribution in [3.05, 3.63) is 53.3 Å². The average Bonchev–Trinajstić information content (AvgIpc) is 3.07. The molecule has 1 amide bonds. The van der Waals surface area contributed by atoms with Gasteiger partial charge in [-0.05, 0) is 23.8 Å². The van der Waals surface area contributed by atoms with Crippen molar-refractivity contribution in [3.8, 4) is 11.8 Å². The Balaban J connectivity index is 2.02. The fourth-order valence-corrected chi connectivity index (χ4v) is 1.97. The summed E-state index contributed by atoms with van der Waals surface area (Å²) in [6.07, 6.45) is 1.43. The second kappa shape index (κ2) is 7.88. The van der Waals surface area contributed by atoms with Gasteiger partial charge in [-0.25, -0.2) is 0 Å². The summed E-state index contributed by atoms with van der Waals surface area (Å²) in [5, 5.41) is 11.9. The van der Waals surface area contributed by atoms with Crippen LogP contribution in [-0.2, 0) is 11.3 Å². The zero-order valence-corrected chi connectivity index (χ0v) is 13.9. The molecule has 0 spiro atoms. The van der Waals surface area contributed by atoms with E-state index in [4.69, 9.17) is 9.15 Å². The highest BCUT2D eigenvalue weighted by Crippen LogP contribution is 2.18. The lowest BCUT2D eigenvalue weighted by atomic mass is 10.2. The van der Waals surface area contributed by atoms with E-state index in [9.17, 15) is 10.1 Å². The molecule has 0 radical (unpaired) electrons. The zero-order chi connectivity index (χ0) is 17.5. The van der Waals surface area contributed by atoms with Crippen molar-refractivity contribution in [1.29, 1.82) is 5.26 Å². The van der Waals surface area contributed by atoms with Gasteiger partial charge in [-0.2, -0.15) is 5.26 Å². The van der Waals surface area contributed by atoms with Gasteiger partial charge in [-0.1, -0.05) is 12.1 Å². The third-order valence-corrected chi connectivity index (χ3v) is 3.32. The van der Waals surface area contributed by atoms with Crippen molar-refractivity contribution in [2.24, 2.45) is 0 Å². The largest absolute Gasteiger partial charge is 0.497 e. The smallest absolute Gasteiger partial charge is 0.262 e. The Bertz CT molecular complexity index is 768. The number of benzene rings is 1. The van der Waals surface area contributed by atoms with Gasteiger partial charge >= 0.3 is 0 Å². The van der Waals surface area contributed by atoms with E-state index < -0.39 is 5.91 Å². The summed E-state index contributed by atoms with van der Waals surface area (Å²) in [6, 6.07) is 12.7. The van der Waals surface area contributed by atoms with Gasteiger partial charge in [0.1, 0.15) is 23.2 Å². The quantitative estimate of drug-likeness (QED) is 0.652. The number of amides is 1. The first-order chi connectivity index (χ1) is 11.5. The van der Waals surface area contributed by atoms with Crippen LogP contribution in [-0.4, -0.2) is 27.1 Å². The van der Waals surface area contributed by atoms with Gasteiger partial charge in [-0.3, -0.25) is 4.79 Å². The van der Waals surface area contributed by atoms with Crippen LogP contribution in [0, 0.1) is 11.3 Å². The fraction of sp³-hybridized carbons (Fsp3) is 0.222. The molecule has 2 rings (SSSR count). The van der Waals surface area contributed by atoms with Crippen LogP contribution in [0.2, 0.25) is 0 Å². The van der Waals surface area contributed by atoms with Gasteiger partial charge in [0.05, 0.1) is 7.11 Å². The van der Waals surface area contributed by atoms with Crippen molar-refractivity contribution in [1.82, 2.24) is 5.32 Å². The minimum absolute atomic E-state index is 0.0110. The molecule has 0 aliphatic heterocycles. The van der Waals surface area contributed by atoms with Crippen LogP contribution < -0.4 is 15.0 Å². The van der Waals surface area contributed by atoms with Crippen LogP contribution in [0.25, 0.3) is 6.08 Å². The topological polar surface area (TPSA) is 78.5 Å². The Labute approximate surface area is 140 Å². The van der Waals surface area contributed by atoms with Gasteiger partial charge in [-0.15, -0.1) is 0 Å². The van der Waals surface area contributed by atoms with Crippen LogP contribution in [0.1, 0.15) is 11.3 Å². The summed E-state index contributed by atoms with van der Waals surface area (Å²) in [5.74, 6) is 1.40. The van der Waals surface area contributed by atoms with Crippen LogP contribution in [0.4, 0.5) is 5.88 Å². The van der Waals surface area contributed by atoms with E-state index in [-0.39, 0.29) is 5.57 Å². The zero-order valence-electron chi connectivity index (χ0n) is 13.9. The Hall–Kier alpha value is -3.20. The molecule has 2 aromatic rings. The van der Waals surface area contributed by atoms with Gasteiger partial charge < -0.3 is 19.4 Å². The molecule has 0 bridgehead atoms. The van der Waals surface area contributed by atoms with Gasteiger partial charge in [0, 0.05) is 32.8 Å². The fourth-order valence-electron chi connectivity index (χ4n) is 1.97. The summed E-state index contributed by atoms with van der Waals surface area (Å²) < 4.78 is 10.6. The van der Waals surface area contributed by atoms with E-state index in [1.54, 1.807) is 24.1 Å². The summed E-state index contributed by atoms with van der Waals surface area (Å²) in [6.45, 7) is 0.322. The number of methoxy groups -OCH3 is 1. The Morgan fingerprint density at radius 2 is 2.00 bits per heavy atom. The molecule has 0 fully saturated rings. The number of rotatable bonds is 6. The number of nitriles is 1. The van der Waals surface area contributed by atoms with Crippen molar-refractivity contribution in [3.63, 3.8) is 0 Å². The maximum absolute atomic E-state index is 12.1. The second-order valence-corrected chi connectivity index (χ2v) is 5.27. The number of nitrogens with zero attached hydrogens (tertiary/aromatic N) is 2. The molecule has 0 saturated carbocycles. The van der Waals surface area contributed by atoms with E-state index in [0.717, 1.165) is 11.3 Å². The predicted molar refractivity (Wildman–Crippen MR) is 91.5 cm³/mol. The highest BCUT2D eigenvalue weighted by molar-refractivity contribution is 6.01. The lowest BCUT2D eigenvalue weighted by Crippen LogP contribution is -2.23. The first-order valence-corrected chi connectivity index (χ1v) is 7.33. The van der Waals surface area contributed by atoms with Crippen molar-refractivity contribution >= 4 is 17.9 Å². The Kier molecular flexibility index (Phi) is 5.63. The lowest BCUT2D eigenvalue weighted by Gasteiger charge is -2.06. The molecule has 124 valence electrons. The number of anilines is 1. The number of ether oxygens (including phenoxy) is 1. The SMILES string of the molecule is COc1ccc(CNC(=O)C(C#N)=Cc2ccc(N(C)C)o2)cc1. The standard InChI is InChI=1S/C18H19N3O3/c1-21(2)17-9-8-16(24-17)10-14(11-19)18(22)20-12-13-4-6-15(23-3)7-5-13/h4-10H,12H2,1-3H3,(H,20,22). The van der Waals surface area contributed by atoms with Crippen molar-refractivity contribution in [2.75, 3.05) is 26.1 Å². The molecule has 1 aromatic heterocycles. The molecular weight excluding hydrogens is 306 g/mol. The number of carbonyl (C=O) groups is 1. The highest BCUT2D eigenvalue weighted by atomic mass is 16.5. The van der Waals surface area contributed by atoms with Gasteiger partial charge in [0.15, 0.2) is 5.88 Å². The van der Waals surface area contributed by atoms with E-state index in [0.29, 0.717) is 18.2 Å². The molecule has 6 nitrogen and oxygen atoms in total. The normalized spacial score (nSPS) is 10.8. The van der Waals surface area contributed by atoms with Crippen LogP contribution in [0.3, 0.4) is 0 Å². The number of hydrogen-bond donors (Lipinski definition) is 1. The summed E-state index contributed by atoms with van der Waals surface area (Å²) >= 11 is 0. The Morgan fingerprint density at radius 1 is 1.29 bits per heavy atom. The number of nitrogens with one attached hydrogen (secondary N) is 1. The van der Waals surface area contributed by atoms with Crippen molar-refractivity contribution < 1.29 is 13.9 Å². The third kappa shape index (κ3) is 4.40. The maximum atomic E-state index is 12.1. The Morgan fingerprint density at radius 3 is 2.54 bits per heavy atom. The average molecular weight is 325 g/mol. The van der Waals surface area contributed by atoms with Crippen LogP contribution in [0.5, 0.6) is 5.75 Å². The molecular formula is C18H19N3O3.